The highest BCUT2D eigenvalue weighted by Gasteiger charge is 2.34. The number of carbonyl (C=O) groups excluding carboxylic acids is 1. The molecule has 1 saturated heterocycles. The Morgan fingerprint density at radius 3 is 2.13 bits per heavy atom. The number of hydrogen-bond donors (Lipinski definition) is 2. The van der Waals surface area contributed by atoms with Gasteiger partial charge in [0.25, 0.3) is 0 Å². The van der Waals surface area contributed by atoms with Crippen LogP contribution in [0.5, 0.6) is 0 Å². The molecule has 0 bridgehead atoms. The normalized spacial score (nSPS) is 16.4. The first-order chi connectivity index (χ1) is 10.7. The summed E-state index contributed by atoms with van der Waals surface area (Å²) in [6.45, 7) is -0.269. The molecule has 0 spiro atoms. The smallest absolute Gasteiger partial charge is 0.427 e. The molecule has 1 aromatic carbocycles. The van der Waals surface area contributed by atoms with Crippen LogP contribution in [0, 0.1) is 11.6 Å². The number of sulfonamides is 1. The number of carbonyl (C=O) groups is 1. The van der Waals surface area contributed by atoms with Crippen LogP contribution in [0.1, 0.15) is 0 Å². The Hall–Kier alpha value is -1.56. The molecule has 2 rings (SSSR count). The highest BCUT2D eigenvalue weighted by molar-refractivity contribution is 7.89. The van der Waals surface area contributed by atoms with Crippen LogP contribution >= 0.6 is 0 Å². The monoisotopic (exact) mass is 348 g/mol. The van der Waals surface area contributed by atoms with Crippen molar-refractivity contribution < 1.29 is 32.0 Å². The maximum Gasteiger partial charge on any atom is 0.461 e. The van der Waals surface area contributed by atoms with Gasteiger partial charge >= 0.3 is 7.12 Å². The van der Waals surface area contributed by atoms with E-state index in [1.165, 1.54) is 4.90 Å². The van der Waals surface area contributed by atoms with Gasteiger partial charge < -0.3 is 14.9 Å². The summed E-state index contributed by atoms with van der Waals surface area (Å²) < 4.78 is 53.0. The van der Waals surface area contributed by atoms with Crippen molar-refractivity contribution >= 4 is 23.0 Å². The molecule has 0 atom stereocenters. The molecule has 126 valence electrons. The minimum atomic E-state index is -4.35. The Kier molecular flexibility index (Phi) is 5.35. The van der Waals surface area contributed by atoms with E-state index in [0.717, 1.165) is 22.5 Å². The predicted molar refractivity (Wildman–Crippen MR) is 76.7 cm³/mol. The third-order valence-corrected chi connectivity index (χ3v) is 5.42. The van der Waals surface area contributed by atoms with E-state index < -0.39 is 45.9 Å². The molecule has 0 radical (unpaired) electrons. The van der Waals surface area contributed by atoms with Crippen LogP contribution in [-0.4, -0.2) is 66.9 Å². The molecule has 1 heterocycles. The third-order valence-electron chi connectivity index (χ3n) is 3.47. The number of benzene rings is 1. The molecule has 1 fully saturated rings. The Morgan fingerprint density at radius 1 is 1.13 bits per heavy atom. The second-order valence-electron chi connectivity index (χ2n) is 5.02. The quantitative estimate of drug-likeness (QED) is 0.700. The Labute approximate surface area is 132 Å². The van der Waals surface area contributed by atoms with Gasteiger partial charge in [-0.05, 0) is 12.1 Å². The van der Waals surface area contributed by atoms with Crippen molar-refractivity contribution in [3.63, 3.8) is 0 Å². The van der Waals surface area contributed by atoms with Gasteiger partial charge in [0.15, 0.2) is 4.90 Å². The number of piperazine rings is 1. The van der Waals surface area contributed by atoms with Crippen molar-refractivity contribution in [1.82, 2.24) is 9.21 Å². The fourth-order valence-corrected chi connectivity index (χ4v) is 3.85. The lowest BCUT2D eigenvalue weighted by Gasteiger charge is -2.34. The molecule has 2 N–H and O–H groups in total. The minimum absolute atomic E-state index is 0.000848. The zero-order valence-corrected chi connectivity index (χ0v) is 12.8. The van der Waals surface area contributed by atoms with E-state index in [9.17, 15) is 22.0 Å². The van der Waals surface area contributed by atoms with Gasteiger partial charge in [0.1, 0.15) is 11.6 Å². The maximum absolute atomic E-state index is 13.7. The first-order valence-electron chi connectivity index (χ1n) is 6.81. The number of nitrogens with zero attached hydrogens (tertiary/aromatic N) is 2. The Bertz CT molecular complexity index is 672. The van der Waals surface area contributed by atoms with Crippen molar-refractivity contribution in [2.75, 3.05) is 26.2 Å². The van der Waals surface area contributed by atoms with Crippen LogP contribution in [0.3, 0.4) is 0 Å². The van der Waals surface area contributed by atoms with E-state index in [0.29, 0.717) is 0 Å². The first kappa shape index (κ1) is 17.8. The van der Waals surface area contributed by atoms with Crippen LogP contribution in [0.25, 0.3) is 0 Å². The number of halogens is 2. The zero-order chi connectivity index (χ0) is 17.2. The van der Waals surface area contributed by atoms with Crippen molar-refractivity contribution in [1.29, 1.82) is 0 Å². The van der Waals surface area contributed by atoms with Gasteiger partial charge in [-0.2, -0.15) is 4.31 Å². The maximum atomic E-state index is 13.7. The van der Waals surface area contributed by atoms with Gasteiger partial charge in [0, 0.05) is 26.2 Å². The van der Waals surface area contributed by atoms with E-state index in [-0.39, 0.29) is 26.2 Å². The fraction of sp³-hybridized carbons (Fsp3) is 0.417. The molecule has 0 aliphatic carbocycles. The number of rotatable bonds is 4. The molecule has 7 nitrogen and oxygen atoms in total. The Balaban J connectivity index is 2.12. The predicted octanol–water partition coefficient (Wildman–Crippen LogP) is -0.730. The highest BCUT2D eigenvalue weighted by atomic mass is 32.2. The lowest BCUT2D eigenvalue weighted by atomic mass is 9.85. The molecule has 1 aliphatic heterocycles. The standard InChI is InChI=1S/C12H15BF2N2O5S/c14-9-2-1-3-10(15)12(9)23(21,22)17-6-4-16(5-7-17)11(18)8-13(19)20/h1-3,19-20H,4-8H2. The number of amides is 1. The minimum Gasteiger partial charge on any atom is -0.427 e. The fourth-order valence-electron chi connectivity index (χ4n) is 2.32. The largest absolute Gasteiger partial charge is 0.461 e. The molecule has 1 amide bonds. The zero-order valence-electron chi connectivity index (χ0n) is 12.0. The summed E-state index contributed by atoms with van der Waals surface area (Å²) >= 11 is 0. The molecule has 11 heteroatoms. The van der Waals surface area contributed by atoms with E-state index in [1.807, 2.05) is 0 Å². The van der Waals surface area contributed by atoms with Gasteiger partial charge in [-0.25, -0.2) is 17.2 Å². The second-order valence-corrected chi connectivity index (χ2v) is 6.90. The summed E-state index contributed by atoms with van der Waals surface area (Å²) in [5, 5.41) is 17.5. The third kappa shape index (κ3) is 3.86. The second kappa shape index (κ2) is 6.91. The van der Waals surface area contributed by atoms with Crippen LogP contribution in [0.15, 0.2) is 23.1 Å². The summed E-state index contributed by atoms with van der Waals surface area (Å²) in [7, 11) is -6.13. The summed E-state index contributed by atoms with van der Waals surface area (Å²) in [6.07, 6.45) is -0.491. The number of hydrogen-bond acceptors (Lipinski definition) is 5. The molecule has 0 unspecified atom stereocenters. The first-order valence-corrected chi connectivity index (χ1v) is 8.25. The molecule has 1 aromatic rings. The molecule has 0 saturated carbocycles. The lowest BCUT2D eigenvalue weighted by Crippen LogP contribution is -2.51. The van der Waals surface area contributed by atoms with Gasteiger partial charge in [-0.3, -0.25) is 4.79 Å². The highest BCUT2D eigenvalue weighted by Crippen LogP contribution is 2.23. The van der Waals surface area contributed by atoms with E-state index in [4.69, 9.17) is 10.0 Å². The topological polar surface area (TPSA) is 98.2 Å². The molecule has 23 heavy (non-hydrogen) atoms. The van der Waals surface area contributed by atoms with Crippen LogP contribution in [-0.2, 0) is 14.8 Å². The summed E-state index contributed by atoms with van der Waals surface area (Å²) in [5.74, 6) is -2.88. The SMILES string of the molecule is O=C(CB(O)O)N1CCN(S(=O)(=O)c2c(F)cccc2F)CC1. The van der Waals surface area contributed by atoms with Gasteiger partial charge in [0.2, 0.25) is 15.9 Å². The average molecular weight is 348 g/mol. The van der Waals surface area contributed by atoms with Gasteiger partial charge in [-0.15, -0.1) is 0 Å². The van der Waals surface area contributed by atoms with Crippen molar-refractivity contribution in [2.45, 2.75) is 11.2 Å². The average Bonchev–Trinajstić information content (AvgIpc) is 2.46. The summed E-state index contributed by atoms with van der Waals surface area (Å²) in [6, 6.07) is 2.79. The Morgan fingerprint density at radius 2 is 1.65 bits per heavy atom. The molecule has 0 aromatic heterocycles. The van der Waals surface area contributed by atoms with Crippen LogP contribution < -0.4 is 0 Å². The van der Waals surface area contributed by atoms with Crippen molar-refractivity contribution in [2.24, 2.45) is 0 Å². The van der Waals surface area contributed by atoms with E-state index >= 15 is 0 Å². The van der Waals surface area contributed by atoms with Crippen LogP contribution in [0.4, 0.5) is 8.78 Å². The molecular weight excluding hydrogens is 333 g/mol. The van der Waals surface area contributed by atoms with Gasteiger partial charge in [-0.1, -0.05) is 6.07 Å². The lowest BCUT2D eigenvalue weighted by molar-refractivity contribution is -0.130. The summed E-state index contributed by atoms with van der Waals surface area (Å²) in [5.41, 5.74) is 0. The molecule has 1 aliphatic rings. The van der Waals surface area contributed by atoms with Gasteiger partial charge in [0.05, 0.1) is 6.32 Å². The summed E-state index contributed by atoms with van der Waals surface area (Å²) in [4.78, 5) is 11.9. The van der Waals surface area contributed by atoms with E-state index in [2.05, 4.69) is 0 Å². The van der Waals surface area contributed by atoms with Crippen molar-refractivity contribution in [3.8, 4) is 0 Å². The van der Waals surface area contributed by atoms with E-state index in [1.54, 1.807) is 0 Å². The van der Waals surface area contributed by atoms with Crippen LogP contribution in [0.2, 0.25) is 6.32 Å². The molecular formula is C12H15BF2N2O5S. The van der Waals surface area contributed by atoms with Crippen molar-refractivity contribution in [3.05, 3.63) is 29.8 Å².